The Bertz CT molecular complexity index is 505. The first-order valence-electron chi connectivity index (χ1n) is 8.33. The number of unbranched alkanes of at least 4 members (excludes halogenated alkanes) is 1. The molecular weight excluding hydrogens is 283 g/mol. The van der Waals surface area contributed by atoms with Gasteiger partial charge in [0.05, 0.1) is 5.02 Å². The van der Waals surface area contributed by atoms with Gasteiger partial charge in [-0.25, -0.2) is 4.39 Å². The molecule has 1 aromatic carbocycles. The minimum atomic E-state index is -0.209. The molecule has 1 atom stereocenters. The van der Waals surface area contributed by atoms with Crippen molar-refractivity contribution in [3.8, 4) is 0 Å². The highest BCUT2D eigenvalue weighted by Gasteiger charge is 2.19. The highest BCUT2D eigenvalue weighted by molar-refractivity contribution is 6.32. The zero-order valence-electron chi connectivity index (χ0n) is 13.2. The maximum Gasteiger partial charge on any atom is 0.145 e. The quantitative estimate of drug-likeness (QED) is 0.541. The molecule has 0 saturated carbocycles. The summed E-state index contributed by atoms with van der Waals surface area (Å²) < 4.78 is 14.4. The summed E-state index contributed by atoms with van der Waals surface area (Å²) in [7, 11) is 0. The third-order valence-electron chi connectivity index (χ3n) is 4.52. The van der Waals surface area contributed by atoms with Gasteiger partial charge in [0.2, 0.25) is 0 Å². The van der Waals surface area contributed by atoms with Crippen molar-refractivity contribution >= 4 is 17.2 Å². The van der Waals surface area contributed by atoms with Crippen LogP contribution in [0.2, 0.25) is 5.02 Å². The van der Waals surface area contributed by atoms with Crippen molar-refractivity contribution in [3.05, 3.63) is 40.2 Å². The van der Waals surface area contributed by atoms with E-state index >= 15 is 0 Å². The van der Waals surface area contributed by atoms with E-state index in [0.29, 0.717) is 5.02 Å². The van der Waals surface area contributed by atoms with Crippen LogP contribution in [0.5, 0.6) is 0 Å². The van der Waals surface area contributed by atoms with Gasteiger partial charge in [0, 0.05) is 0 Å². The summed E-state index contributed by atoms with van der Waals surface area (Å²) in [6, 6.07) is 3.94. The zero-order chi connectivity index (χ0) is 15.2. The van der Waals surface area contributed by atoms with Crippen molar-refractivity contribution in [2.24, 2.45) is 5.92 Å². The summed E-state index contributed by atoms with van der Waals surface area (Å²) in [5, 5.41) is 0.323. The van der Waals surface area contributed by atoms with Crippen LogP contribution < -0.4 is 0 Å². The SMILES string of the molecule is CCCCc1ccc(C2=CCC(CCC)CC2)c(Cl)c1F. The van der Waals surface area contributed by atoms with Crippen LogP contribution in [0.1, 0.15) is 69.9 Å². The second-order valence-corrected chi connectivity index (χ2v) is 6.54. The smallest absolute Gasteiger partial charge is 0.145 e. The van der Waals surface area contributed by atoms with Crippen molar-refractivity contribution in [3.63, 3.8) is 0 Å². The lowest BCUT2D eigenvalue weighted by Crippen LogP contribution is -2.06. The van der Waals surface area contributed by atoms with E-state index < -0.39 is 0 Å². The Morgan fingerprint density at radius 2 is 2.05 bits per heavy atom. The van der Waals surface area contributed by atoms with Crippen LogP contribution in [0.25, 0.3) is 5.57 Å². The normalized spacial score (nSPS) is 18.7. The molecular formula is C19H26ClF. The van der Waals surface area contributed by atoms with E-state index in [4.69, 9.17) is 11.6 Å². The third kappa shape index (κ3) is 4.10. The molecule has 0 fully saturated rings. The van der Waals surface area contributed by atoms with Crippen LogP contribution in [0.3, 0.4) is 0 Å². The largest absolute Gasteiger partial charge is 0.205 e. The minimum absolute atomic E-state index is 0.209. The summed E-state index contributed by atoms with van der Waals surface area (Å²) in [4.78, 5) is 0. The second kappa shape index (κ2) is 7.98. The van der Waals surface area contributed by atoms with Gasteiger partial charge in [-0.05, 0) is 54.7 Å². The van der Waals surface area contributed by atoms with Crippen LogP contribution in [0.4, 0.5) is 4.39 Å². The first-order chi connectivity index (χ1) is 10.2. The number of allylic oxidation sites excluding steroid dienone is 2. The van der Waals surface area contributed by atoms with Gasteiger partial charge in [0.1, 0.15) is 5.82 Å². The molecule has 0 radical (unpaired) electrons. The fraction of sp³-hybridized carbons (Fsp3) is 0.579. The van der Waals surface area contributed by atoms with Gasteiger partial charge < -0.3 is 0 Å². The van der Waals surface area contributed by atoms with Crippen molar-refractivity contribution in [2.45, 2.75) is 65.2 Å². The van der Waals surface area contributed by atoms with E-state index in [2.05, 4.69) is 19.9 Å². The van der Waals surface area contributed by atoms with Gasteiger partial charge in [-0.3, -0.25) is 0 Å². The molecule has 0 amide bonds. The molecule has 0 heterocycles. The molecule has 1 aromatic rings. The number of hydrogen-bond acceptors (Lipinski definition) is 0. The topological polar surface area (TPSA) is 0 Å². The third-order valence-corrected chi connectivity index (χ3v) is 4.89. The van der Waals surface area contributed by atoms with E-state index in [-0.39, 0.29) is 5.82 Å². The minimum Gasteiger partial charge on any atom is -0.205 e. The number of hydrogen-bond donors (Lipinski definition) is 0. The number of rotatable bonds is 6. The van der Waals surface area contributed by atoms with Gasteiger partial charge in [0.15, 0.2) is 0 Å². The van der Waals surface area contributed by atoms with E-state index in [1.165, 1.54) is 24.8 Å². The van der Waals surface area contributed by atoms with Gasteiger partial charge in [-0.2, -0.15) is 0 Å². The molecule has 1 aliphatic carbocycles. The summed E-state index contributed by atoms with van der Waals surface area (Å²) in [5.74, 6) is 0.588. The molecule has 0 aliphatic heterocycles. The molecule has 0 aromatic heterocycles. The molecule has 1 aliphatic rings. The Labute approximate surface area is 133 Å². The van der Waals surface area contributed by atoms with Gasteiger partial charge in [-0.15, -0.1) is 0 Å². The molecule has 0 bridgehead atoms. The second-order valence-electron chi connectivity index (χ2n) is 6.16. The predicted octanol–water partition coefficient (Wildman–Crippen LogP) is 6.81. The molecule has 21 heavy (non-hydrogen) atoms. The molecule has 0 N–H and O–H groups in total. The van der Waals surface area contributed by atoms with Crippen LogP contribution in [0, 0.1) is 11.7 Å². The Morgan fingerprint density at radius 3 is 2.67 bits per heavy atom. The Hall–Kier alpha value is -0.820. The van der Waals surface area contributed by atoms with Crippen LogP contribution in [-0.4, -0.2) is 0 Å². The lowest BCUT2D eigenvalue weighted by atomic mass is 9.84. The number of halogens is 2. The molecule has 0 spiro atoms. The lowest BCUT2D eigenvalue weighted by molar-refractivity contribution is 0.445. The Morgan fingerprint density at radius 1 is 1.24 bits per heavy atom. The molecule has 2 rings (SSSR count). The van der Waals surface area contributed by atoms with Gasteiger partial charge in [-0.1, -0.05) is 62.9 Å². The monoisotopic (exact) mass is 308 g/mol. The van der Waals surface area contributed by atoms with Crippen LogP contribution >= 0.6 is 11.6 Å². The van der Waals surface area contributed by atoms with Crippen LogP contribution in [-0.2, 0) is 6.42 Å². The molecule has 0 nitrogen and oxygen atoms in total. The van der Waals surface area contributed by atoms with Crippen molar-refractivity contribution in [1.29, 1.82) is 0 Å². The van der Waals surface area contributed by atoms with E-state index in [9.17, 15) is 4.39 Å². The molecule has 1 unspecified atom stereocenters. The fourth-order valence-electron chi connectivity index (χ4n) is 3.20. The number of aryl methyl sites for hydroxylation is 1. The maximum absolute atomic E-state index is 14.4. The lowest BCUT2D eigenvalue weighted by Gasteiger charge is -2.22. The van der Waals surface area contributed by atoms with Gasteiger partial charge in [0.25, 0.3) is 0 Å². The molecule has 116 valence electrons. The highest BCUT2D eigenvalue weighted by atomic mass is 35.5. The fourth-order valence-corrected chi connectivity index (χ4v) is 3.51. The first kappa shape index (κ1) is 16.5. The zero-order valence-corrected chi connectivity index (χ0v) is 14.0. The predicted molar refractivity (Wildman–Crippen MR) is 90.2 cm³/mol. The van der Waals surface area contributed by atoms with Crippen molar-refractivity contribution < 1.29 is 4.39 Å². The Kier molecular flexibility index (Phi) is 6.29. The summed E-state index contributed by atoms with van der Waals surface area (Å²) in [6.45, 7) is 4.36. The summed E-state index contributed by atoms with van der Waals surface area (Å²) >= 11 is 6.29. The molecule has 2 heteroatoms. The maximum atomic E-state index is 14.4. The summed E-state index contributed by atoms with van der Waals surface area (Å²) in [6.07, 6.45) is 11.0. The van der Waals surface area contributed by atoms with Gasteiger partial charge >= 0.3 is 0 Å². The summed E-state index contributed by atoms with van der Waals surface area (Å²) in [5.41, 5.74) is 2.89. The van der Waals surface area contributed by atoms with E-state index in [1.807, 2.05) is 12.1 Å². The first-order valence-corrected chi connectivity index (χ1v) is 8.71. The standard InChI is InChI=1S/C19H26ClF/c1-3-5-7-16-12-13-17(18(20)19(16)21)15-10-8-14(6-4-2)9-11-15/h10,12-14H,3-9,11H2,1-2H3. The average molecular weight is 309 g/mol. The Balaban J connectivity index is 2.16. The number of benzene rings is 1. The average Bonchev–Trinajstić information content (AvgIpc) is 2.50. The van der Waals surface area contributed by atoms with Crippen molar-refractivity contribution in [2.75, 3.05) is 0 Å². The van der Waals surface area contributed by atoms with Crippen LogP contribution in [0.15, 0.2) is 18.2 Å². The van der Waals surface area contributed by atoms with E-state index in [1.54, 1.807) is 0 Å². The van der Waals surface area contributed by atoms with Crippen molar-refractivity contribution in [1.82, 2.24) is 0 Å². The molecule has 0 saturated heterocycles. The van der Waals surface area contributed by atoms with E-state index in [0.717, 1.165) is 49.1 Å². The highest BCUT2D eigenvalue weighted by Crippen LogP contribution is 2.37.